The van der Waals surface area contributed by atoms with Crippen LogP contribution in [-0.4, -0.2) is 26.6 Å². The average Bonchev–Trinajstić information content (AvgIpc) is 2.52. The molecule has 2 aromatic rings. The lowest BCUT2D eigenvalue weighted by molar-refractivity contribution is -0.117. The first kappa shape index (κ1) is 19.6. The van der Waals surface area contributed by atoms with Crippen molar-refractivity contribution in [1.29, 1.82) is 0 Å². The largest absolute Gasteiger partial charge is 0.324 e. The summed E-state index contributed by atoms with van der Waals surface area (Å²) in [6.45, 7) is 1.75. The lowest BCUT2D eigenvalue weighted by Gasteiger charge is -2.30. The fourth-order valence-corrected chi connectivity index (χ4v) is 3.97. The Bertz CT molecular complexity index is 854. The summed E-state index contributed by atoms with van der Waals surface area (Å²) >= 11 is 11.8. The fraction of sp³-hybridized carbons (Fsp3) is 0.235. The maximum atomic E-state index is 12.7. The Balaban J connectivity index is 2.36. The van der Waals surface area contributed by atoms with Crippen LogP contribution in [0.25, 0.3) is 0 Å². The van der Waals surface area contributed by atoms with Crippen LogP contribution in [0.1, 0.15) is 13.3 Å². The van der Waals surface area contributed by atoms with Gasteiger partial charge in [0.15, 0.2) is 0 Å². The van der Waals surface area contributed by atoms with Gasteiger partial charge < -0.3 is 5.32 Å². The zero-order valence-electron chi connectivity index (χ0n) is 13.7. The van der Waals surface area contributed by atoms with Crippen molar-refractivity contribution in [2.45, 2.75) is 19.4 Å². The van der Waals surface area contributed by atoms with Crippen molar-refractivity contribution in [1.82, 2.24) is 0 Å². The first-order valence-electron chi connectivity index (χ1n) is 7.53. The Labute approximate surface area is 157 Å². The van der Waals surface area contributed by atoms with Gasteiger partial charge in [-0.15, -0.1) is 0 Å². The van der Waals surface area contributed by atoms with E-state index in [4.69, 9.17) is 23.2 Å². The molecule has 8 heteroatoms. The van der Waals surface area contributed by atoms with E-state index in [-0.39, 0.29) is 0 Å². The van der Waals surface area contributed by atoms with E-state index >= 15 is 0 Å². The molecular weight excluding hydrogens is 383 g/mol. The smallest absolute Gasteiger partial charge is 0.248 e. The lowest BCUT2D eigenvalue weighted by atomic mass is 10.2. The SMILES string of the molecule is CCC(C(=O)Nc1cccc(Cl)c1)N(c1ccc(Cl)cc1)S(C)(=O)=O. The van der Waals surface area contributed by atoms with E-state index in [1.165, 1.54) is 0 Å². The zero-order chi connectivity index (χ0) is 18.6. The van der Waals surface area contributed by atoms with Crippen molar-refractivity contribution in [3.63, 3.8) is 0 Å². The van der Waals surface area contributed by atoms with Gasteiger partial charge >= 0.3 is 0 Å². The molecule has 0 radical (unpaired) electrons. The summed E-state index contributed by atoms with van der Waals surface area (Å²) in [6.07, 6.45) is 1.36. The summed E-state index contributed by atoms with van der Waals surface area (Å²) < 4.78 is 25.7. The van der Waals surface area contributed by atoms with Crippen LogP contribution in [0, 0.1) is 0 Å². The maximum absolute atomic E-state index is 12.7. The topological polar surface area (TPSA) is 66.5 Å². The number of anilines is 2. The number of hydrogen-bond donors (Lipinski definition) is 1. The summed E-state index contributed by atoms with van der Waals surface area (Å²) in [5, 5.41) is 3.67. The van der Waals surface area contributed by atoms with Gasteiger partial charge in [0.2, 0.25) is 15.9 Å². The molecule has 5 nitrogen and oxygen atoms in total. The number of hydrogen-bond acceptors (Lipinski definition) is 3. The molecule has 1 unspecified atom stereocenters. The molecule has 134 valence electrons. The third kappa shape index (κ3) is 5.11. The number of rotatable bonds is 6. The summed E-state index contributed by atoms with van der Waals surface area (Å²) in [5.41, 5.74) is 0.875. The standard InChI is InChI=1S/C17H18Cl2N2O3S/c1-3-16(17(22)20-14-6-4-5-13(19)11-14)21(25(2,23)24)15-9-7-12(18)8-10-15/h4-11,16H,3H2,1-2H3,(H,20,22). The molecule has 0 bridgehead atoms. The number of nitrogens with one attached hydrogen (secondary N) is 1. The summed E-state index contributed by atoms with van der Waals surface area (Å²) in [5.74, 6) is -0.440. The Morgan fingerprint density at radius 3 is 2.28 bits per heavy atom. The minimum atomic E-state index is -3.68. The van der Waals surface area contributed by atoms with Gasteiger partial charge in [0.1, 0.15) is 6.04 Å². The van der Waals surface area contributed by atoms with E-state index in [2.05, 4.69) is 5.32 Å². The molecule has 1 N–H and O–H groups in total. The number of amides is 1. The van der Waals surface area contributed by atoms with Crippen molar-refractivity contribution in [3.05, 3.63) is 58.6 Å². The molecule has 0 saturated carbocycles. The highest BCUT2D eigenvalue weighted by Gasteiger charge is 2.31. The molecular formula is C17H18Cl2N2O3S. The molecule has 0 heterocycles. The monoisotopic (exact) mass is 400 g/mol. The van der Waals surface area contributed by atoms with Crippen LogP contribution < -0.4 is 9.62 Å². The molecule has 0 aromatic heterocycles. The van der Waals surface area contributed by atoms with Gasteiger partial charge in [0, 0.05) is 15.7 Å². The van der Waals surface area contributed by atoms with Crippen LogP contribution in [0.4, 0.5) is 11.4 Å². The molecule has 0 aliphatic carbocycles. The number of halogens is 2. The van der Waals surface area contributed by atoms with Crippen LogP contribution in [0.3, 0.4) is 0 Å². The third-order valence-corrected chi connectivity index (χ3v) is 5.17. The summed E-state index contributed by atoms with van der Waals surface area (Å²) in [6, 6.07) is 12.1. The van der Waals surface area contributed by atoms with Gasteiger partial charge in [-0.25, -0.2) is 8.42 Å². The molecule has 0 fully saturated rings. The van der Waals surface area contributed by atoms with Crippen LogP contribution in [0.15, 0.2) is 48.5 Å². The Morgan fingerprint density at radius 2 is 1.76 bits per heavy atom. The third-order valence-electron chi connectivity index (χ3n) is 3.50. The Morgan fingerprint density at radius 1 is 1.12 bits per heavy atom. The number of benzene rings is 2. The quantitative estimate of drug-likeness (QED) is 0.790. The van der Waals surface area contributed by atoms with Crippen LogP contribution in [0.5, 0.6) is 0 Å². The van der Waals surface area contributed by atoms with E-state index in [9.17, 15) is 13.2 Å². The molecule has 0 aliphatic rings. The number of nitrogens with zero attached hydrogens (tertiary/aromatic N) is 1. The molecule has 2 aromatic carbocycles. The predicted molar refractivity (Wildman–Crippen MR) is 103 cm³/mol. The van der Waals surface area contributed by atoms with Crippen molar-refractivity contribution in [2.24, 2.45) is 0 Å². The summed E-state index contributed by atoms with van der Waals surface area (Å²) in [7, 11) is -3.68. The normalized spacial score (nSPS) is 12.5. The Kier molecular flexibility index (Phi) is 6.32. The number of sulfonamides is 1. The second-order valence-corrected chi connectivity index (χ2v) is 8.19. The van der Waals surface area contributed by atoms with Crippen LogP contribution in [0.2, 0.25) is 10.0 Å². The molecule has 1 atom stereocenters. The predicted octanol–water partition coefficient (Wildman–Crippen LogP) is 4.18. The minimum Gasteiger partial charge on any atom is -0.324 e. The van der Waals surface area contributed by atoms with Gasteiger partial charge in [0.25, 0.3) is 0 Å². The Hall–Kier alpha value is -1.76. The van der Waals surface area contributed by atoms with Crippen molar-refractivity contribution in [3.8, 4) is 0 Å². The van der Waals surface area contributed by atoms with E-state index in [0.717, 1.165) is 10.6 Å². The highest BCUT2D eigenvalue weighted by atomic mass is 35.5. The first-order valence-corrected chi connectivity index (χ1v) is 10.1. The maximum Gasteiger partial charge on any atom is 0.248 e. The molecule has 2 rings (SSSR count). The molecule has 0 spiro atoms. The molecule has 25 heavy (non-hydrogen) atoms. The fourth-order valence-electron chi connectivity index (χ4n) is 2.44. The van der Waals surface area contributed by atoms with Crippen molar-refractivity contribution in [2.75, 3.05) is 15.9 Å². The van der Waals surface area contributed by atoms with Gasteiger partial charge in [-0.3, -0.25) is 9.10 Å². The van der Waals surface area contributed by atoms with Crippen molar-refractivity contribution < 1.29 is 13.2 Å². The van der Waals surface area contributed by atoms with E-state index in [1.54, 1.807) is 55.5 Å². The van der Waals surface area contributed by atoms with Gasteiger partial charge in [-0.1, -0.05) is 36.2 Å². The van der Waals surface area contributed by atoms with Crippen LogP contribution >= 0.6 is 23.2 Å². The van der Waals surface area contributed by atoms with Gasteiger partial charge in [0.05, 0.1) is 11.9 Å². The minimum absolute atomic E-state index is 0.294. The molecule has 0 saturated heterocycles. The van der Waals surface area contributed by atoms with Crippen LogP contribution in [-0.2, 0) is 14.8 Å². The second kappa shape index (κ2) is 8.08. The van der Waals surface area contributed by atoms with Gasteiger partial charge in [-0.05, 0) is 48.9 Å². The van der Waals surface area contributed by atoms with E-state index in [0.29, 0.717) is 27.8 Å². The first-order chi connectivity index (χ1) is 11.7. The molecule has 1 amide bonds. The van der Waals surface area contributed by atoms with Gasteiger partial charge in [-0.2, -0.15) is 0 Å². The number of carbonyl (C=O) groups is 1. The lowest BCUT2D eigenvalue weighted by Crippen LogP contribution is -2.46. The highest BCUT2D eigenvalue weighted by Crippen LogP contribution is 2.25. The van der Waals surface area contributed by atoms with Crippen molar-refractivity contribution >= 4 is 50.5 Å². The second-order valence-electron chi connectivity index (χ2n) is 5.46. The van der Waals surface area contributed by atoms with E-state index in [1.807, 2.05) is 0 Å². The summed E-state index contributed by atoms with van der Waals surface area (Å²) in [4.78, 5) is 12.7. The average molecular weight is 401 g/mol. The molecule has 0 aliphatic heterocycles. The number of carbonyl (C=O) groups excluding carboxylic acids is 1. The van der Waals surface area contributed by atoms with E-state index < -0.39 is 22.0 Å². The highest BCUT2D eigenvalue weighted by molar-refractivity contribution is 7.92. The zero-order valence-corrected chi connectivity index (χ0v) is 16.1.